The summed E-state index contributed by atoms with van der Waals surface area (Å²) in [6.07, 6.45) is 2.57. The van der Waals surface area contributed by atoms with Gasteiger partial charge in [-0.15, -0.1) is 0 Å². The Labute approximate surface area is 130 Å². The van der Waals surface area contributed by atoms with Gasteiger partial charge in [0.2, 0.25) is 0 Å². The SMILES string of the molecule is COc1ncc(NS(=O)(=O)c2ccc3oc(=O)n(C)c3c2)cn1. The van der Waals surface area contributed by atoms with Crippen molar-refractivity contribution < 1.29 is 17.6 Å². The van der Waals surface area contributed by atoms with Gasteiger partial charge in [0.1, 0.15) is 0 Å². The zero-order valence-corrected chi connectivity index (χ0v) is 13.0. The molecular weight excluding hydrogens is 324 g/mol. The molecule has 10 heteroatoms. The van der Waals surface area contributed by atoms with E-state index in [1.54, 1.807) is 0 Å². The fraction of sp³-hybridized carbons (Fsp3) is 0.154. The van der Waals surface area contributed by atoms with E-state index < -0.39 is 15.8 Å². The number of anilines is 1. The lowest BCUT2D eigenvalue weighted by atomic mass is 10.3. The highest BCUT2D eigenvalue weighted by atomic mass is 32.2. The maximum atomic E-state index is 12.4. The lowest BCUT2D eigenvalue weighted by Crippen LogP contribution is -2.14. The molecule has 1 aromatic carbocycles. The van der Waals surface area contributed by atoms with Crippen LogP contribution in [0.25, 0.3) is 11.1 Å². The van der Waals surface area contributed by atoms with Crippen molar-refractivity contribution in [1.29, 1.82) is 0 Å². The Balaban J connectivity index is 1.98. The molecule has 23 heavy (non-hydrogen) atoms. The minimum atomic E-state index is -3.86. The van der Waals surface area contributed by atoms with Crippen LogP contribution in [-0.4, -0.2) is 30.1 Å². The summed E-state index contributed by atoms with van der Waals surface area (Å²) in [7, 11) is -0.958. The molecule has 9 nitrogen and oxygen atoms in total. The molecule has 2 heterocycles. The number of oxazole rings is 1. The molecule has 0 saturated carbocycles. The third-order valence-electron chi connectivity index (χ3n) is 3.14. The largest absolute Gasteiger partial charge is 0.467 e. The van der Waals surface area contributed by atoms with Gasteiger partial charge in [0.05, 0.1) is 35.6 Å². The van der Waals surface area contributed by atoms with Gasteiger partial charge in [0, 0.05) is 7.05 Å². The fourth-order valence-electron chi connectivity index (χ4n) is 1.96. The first kappa shape index (κ1) is 15.0. The zero-order valence-electron chi connectivity index (χ0n) is 12.2. The Morgan fingerprint density at radius 2 is 1.96 bits per heavy atom. The highest BCUT2D eigenvalue weighted by Gasteiger charge is 2.17. The van der Waals surface area contributed by atoms with E-state index in [1.807, 2.05) is 0 Å². The van der Waals surface area contributed by atoms with Gasteiger partial charge >= 0.3 is 11.8 Å². The van der Waals surface area contributed by atoms with Gasteiger partial charge in [0.15, 0.2) is 5.58 Å². The molecule has 0 fully saturated rings. The van der Waals surface area contributed by atoms with E-state index >= 15 is 0 Å². The second kappa shape index (κ2) is 5.39. The number of fused-ring (bicyclic) bond motifs is 1. The van der Waals surface area contributed by atoms with Crippen molar-refractivity contribution in [2.24, 2.45) is 7.05 Å². The van der Waals surface area contributed by atoms with Crippen LogP contribution in [0.15, 0.2) is 44.7 Å². The number of sulfonamides is 1. The summed E-state index contributed by atoms with van der Waals surface area (Å²) >= 11 is 0. The molecular formula is C13H12N4O5S. The van der Waals surface area contributed by atoms with Crippen LogP contribution in [0.1, 0.15) is 0 Å². The van der Waals surface area contributed by atoms with Crippen LogP contribution in [0.5, 0.6) is 6.01 Å². The molecule has 0 aliphatic carbocycles. The molecule has 0 unspecified atom stereocenters. The molecule has 3 rings (SSSR count). The van der Waals surface area contributed by atoms with Crippen LogP contribution in [0, 0.1) is 0 Å². The summed E-state index contributed by atoms with van der Waals surface area (Å²) in [5, 5.41) is 0. The highest BCUT2D eigenvalue weighted by molar-refractivity contribution is 7.92. The number of ether oxygens (including phenoxy) is 1. The quantitative estimate of drug-likeness (QED) is 0.746. The molecule has 1 N–H and O–H groups in total. The number of aryl methyl sites for hydroxylation is 1. The summed E-state index contributed by atoms with van der Waals surface area (Å²) < 4.78 is 38.2. The standard InChI is InChI=1S/C13H12N4O5S/c1-17-10-5-9(3-4-11(10)22-13(17)18)23(19,20)16-8-6-14-12(21-2)15-7-8/h3-7,16H,1-2H3. The monoisotopic (exact) mass is 336 g/mol. The molecule has 0 saturated heterocycles. The minimum absolute atomic E-state index is 0.0165. The number of methoxy groups -OCH3 is 1. The maximum absolute atomic E-state index is 12.4. The highest BCUT2D eigenvalue weighted by Crippen LogP contribution is 2.20. The minimum Gasteiger partial charge on any atom is -0.467 e. The van der Waals surface area contributed by atoms with E-state index in [2.05, 4.69) is 14.7 Å². The zero-order chi connectivity index (χ0) is 16.6. The van der Waals surface area contributed by atoms with Gasteiger partial charge in [-0.3, -0.25) is 9.29 Å². The first-order valence-electron chi connectivity index (χ1n) is 6.39. The third kappa shape index (κ3) is 2.75. The predicted molar refractivity (Wildman–Crippen MR) is 80.8 cm³/mol. The summed E-state index contributed by atoms with van der Waals surface area (Å²) in [6, 6.07) is 4.25. The smallest absolute Gasteiger partial charge is 0.419 e. The van der Waals surface area contributed by atoms with E-state index in [-0.39, 0.29) is 16.6 Å². The van der Waals surface area contributed by atoms with E-state index in [0.29, 0.717) is 11.1 Å². The Hall–Kier alpha value is -2.88. The van der Waals surface area contributed by atoms with Gasteiger partial charge in [-0.05, 0) is 18.2 Å². The van der Waals surface area contributed by atoms with Crippen LogP contribution >= 0.6 is 0 Å². The van der Waals surface area contributed by atoms with Gasteiger partial charge < -0.3 is 9.15 Å². The first-order chi connectivity index (χ1) is 10.9. The van der Waals surface area contributed by atoms with E-state index in [1.165, 1.54) is 49.3 Å². The average molecular weight is 336 g/mol. The summed E-state index contributed by atoms with van der Waals surface area (Å²) in [6.45, 7) is 0. The third-order valence-corrected chi connectivity index (χ3v) is 4.52. The van der Waals surface area contributed by atoms with Crippen LogP contribution in [-0.2, 0) is 17.1 Å². The number of nitrogens with one attached hydrogen (secondary N) is 1. The van der Waals surface area contributed by atoms with Gasteiger partial charge in [-0.1, -0.05) is 0 Å². The van der Waals surface area contributed by atoms with E-state index in [9.17, 15) is 13.2 Å². The molecule has 0 radical (unpaired) electrons. The Morgan fingerprint density at radius 3 is 2.61 bits per heavy atom. The lowest BCUT2D eigenvalue weighted by Gasteiger charge is -2.08. The molecule has 0 aliphatic rings. The molecule has 0 bridgehead atoms. The van der Waals surface area contributed by atoms with Crippen molar-refractivity contribution in [3.05, 3.63) is 41.1 Å². The average Bonchev–Trinajstić information content (AvgIpc) is 2.82. The second-order valence-electron chi connectivity index (χ2n) is 4.62. The fourth-order valence-corrected chi connectivity index (χ4v) is 3.01. The topological polar surface area (TPSA) is 116 Å². The normalized spacial score (nSPS) is 11.6. The van der Waals surface area contributed by atoms with Crippen LogP contribution in [0.2, 0.25) is 0 Å². The molecule has 120 valence electrons. The van der Waals surface area contributed by atoms with Crippen LogP contribution in [0.3, 0.4) is 0 Å². The van der Waals surface area contributed by atoms with Crippen LogP contribution in [0.4, 0.5) is 5.69 Å². The summed E-state index contributed by atoms with van der Waals surface area (Å²) in [5.74, 6) is -0.564. The second-order valence-corrected chi connectivity index (χ2v) is 6.30. The van der Waals surface area contributed by atoms with Gasteiger partial charge in [-0.2, -0.15) is 0 Å². The Bertz CT molecular complexity index is 1020. The number of benzene rings is 1. The van der Waals surface area contributed by atoms with Crippen molar-refractivity contribution in [1.82, 2.24) is 14.5 Å². The molecule has 2 aromatic heterocycles. The molecule has 0 amide bonds. The lowest BCUT2D eigenvalue weighted by molar-refractivity contribution is 0.380. The van der Waals surface area contributed by atoms with Crippen molar-refractivity contribution in [2.45, 2.75) is 4.90 Å². The summed E-state index contributed by atoms with van der Waals surface area (Å²) in [5.41, 5.74) is 0.875. The van der Waals surface area contributed by atoms with Crippen molar-refractivity contribution in [2.75, 3.05) is 11.8 Å². The molecule has 0 atom stereocenters. The molecule has 0 aliphatic heterocycles. The number of rotatable bonds is 4. The van der Waals surface area contributed by atoms with Gasteiger partial charge in [-0.25, -0.2) is 23.2 Å². The van der Waals surface area contributed by atoms with Crippen molar-refractivity contribution >= 4 is 26.8 Å². The molecule has 3 aromatic rings. The number of aromatic nitrogens is 3. The number of hydrogen-bond acceptors (Lipinski definition) is 7. The Kier molecular flexibility index (Phi) is 3.52. The van der Waals surface area contributed by atoms with E-state index in [4.69, 9.17) is 9.15 Å². The molecule has 0 spiro atoms. The van der Waals surface area contributed by atoms with Crippen LogP contribution < -0.4 is 15.2 Å². The van der Waals surface area contributed by atoms with Gasteiger partial charge in [0.25, 0.3) is 10.0 Å². The van der Waals surface area contributed by atoms with Crippen molar-refractivity contribution in [3.63, 3.8) is 0 Å². The van der Waals surface area contributed by atoms with Crippen molar-refractivity contribution in [3.8, 4) is 6.01 Å². The number of hydrogen-bond donors (Lipinski definition) is 1. The predicted octanol–water partition coefficient (Wildman–Crippen LogP) is 0.731. The number of nitrogens with zero attached hydrogens (tertiary/aromatic N) is 3. The summed E-state index contributed by atoms with van der Waals surface area (Å²) in [4.78, 5) is 19.1. The first-order valence-corrected chi connectivity index (χ1v) is 7.87. The maximum Gasteiger partial charge on any atom is 0.419 e. The Morgan fingerprint density at radius 1 is 1.26 bits per heavy atom. The van der Waals surface area contributed by atoms with E-state index in [0.717, 1.165) is 0 Å².